The molecule has 21 heavy (non-hydrogen) atoms. The summed E-state index contributed by atoms with van der Waals surface area (Å²) in [5, 5.41) is 0. The van der Waals surface area contributed by atoms with Crippen molar-refractivity contribution in [2.24, 2.45) is 41.4 Å². The summed E-state index contributed by atoms with van der Waals surface area (Å²) in [6.07, 6.45) is 16.9. The van der Waals surface area contributed by atoms with Crippen LogP contribution in [0.3, 0.4) is 0 Å². The van der Waals surface area contributed by atoms with Crippen molar-refractivity contribution in [2.75, 3.05) is 0 Å². The summed E-state index contributed by atoms with van der Waals surface area (Å²) in [6.45, 7) is 7.65. The van der Waals surface area contributed by atoms with Crippen LogP contribution in [0.25, 0.3) is 0 Å². The smallest absolute Gasteiger partial charge is 0.0357 e. The molecule has 3 aliphatic carbocycles. The lowest BCUT2D eigenvalue weighted by Crippen LogP contribution is -2.36. The van der Waals surface area contributed by atoms with E-state index in [1.54, 1.807) is 32.1 Å². The summed E-state index contributed by atoms with van der Waals surface area (Å²) >= 11 is 0. The Morgan fingerprint density at radius 2 is 1.52 bits per heavy atom. The zero-order valence-electron chi connectivity index (χ0n) is 14.8. The maximum absolute atomic E-state index is 2.61. The summed E-state index contributed by atoms with van der Waals surface area (Å²) in [7, 11) is 0. The molecule has 0 bridgehead atoms. The molecule has 3 rings (SSSR count). The molecular formula is C21H38. The molecule has 0 aromatic carbocycles. The number of hydrogen-bond acceptors (Lipinski definition) is 0. The van der Waals surface area contributed by atoms with Crippen molar-refractivity contribution >= 4 is 0 Å². The van der Waals surface area contributed by atoms with Crippen LogP contribution in [0.1, 0.15) is 91.4 Å². The van der Waals surface area contributed by atoms with Crippen molar-refractivity contribution in [3.8, 4) is 0 Å². The van der Waals surface area contributed by atoms with Gasteiger partial charge >= 0.3 is 0 Å². The third-order valence-electron chi connectivity index (χ3n) is 7.83. The molecule has 3 aliphatic rings. The van der Waals surface area contributed by atoms with Crippen LogP contribution in [-0.4, -0.2) is 0 Å². The molecule has 0 saturated heterocycles. The molecule has 0 heterocycles. The highest BCUT2D eigenvalue weighted by molar-refractivity contribution is 4.89. The Balaban J connectivity index is 1.52. The van der Waals surface area contributed by atoms with E-state index in [2.05, 4.69) is 20.8 Å². The van der Waals surface area contributed by atoms with Gasteiger partial charge in [0.1, 0.15) is 0 Å². The molecule has 122 valence electrons. The molecule has 3 saturated carbocycles. The summed E-state index contributed by atoms with van der Waals surface area (Å²) in [6, 6.07) is 0. The van der Waals surface area contributed by atoms with Crippen LogP contribution >= 0.6 is 0 Å². The first-order chi connectivity index (χ1) is 10.1. The monoisotopic (exact) mass is 290 g/mol. The van der Waals surface area contributed by atoms with E-state index in [1.807, 2.05) is 0 Å². The molecule has 0 amide bonds. The van der Waals surface area contributed by atoms with Crippen molar-refractivity contribution in [3.63, 3.8) is 0 Å². The lowest BCUT2D eigenvalue weighted by Gasteiger charge is -2.46. The fourth-order valence-corrected chi connectivity index (χ4v) is 6.18. The topological polar surface area (TPSA) is 0 Å². The predicted molar refractivity (Wildman–Crippen MR) is 92.2 cm³/mol. The van der Waals surface area contributed by atoms with E-state index in [0.29, 0.717) is 0 Å². The van der Waals surface area contributed by atoms with Gasteiger partial charge in [-0.25, -0.2) is 0 Å². The van der Waals surface area contributed by atoms with Crippen LogP contribution in [0.5, 0.6) is 0 Å². The van der Waals surface area contributed by atoms with Gasteiger partial charge in [-0.3, -0.25) is 0 Å². The lowest BCUT2D eigenvalue weighted by atomic mass is 9.60. The maximum atomic E-state index is 2.61. The number of rotatable bonds is 3. The van der Waals surface area contributed by atoms with Gasteiger partial charge in [0.15, 0.2) is 0 Å². The molecule has 0 nitrogen and oxygen atoms in total. The standard InChI is InChI=1S/C21H38/c1-15-8-10-18(11-9-15)16(2)14-20-13-12-19-6-4-5-7-21(19)17(20)3/h15-21H,4-14H2,1-3H3/t15?,16-,17+,18?,19-,20-,21+/m0/s1. The highest BCUT2D eigenvalue weighted by Crippen LogP contribution is 2.48. The SMILES string of the molecule is CC1CCC([C@@H](C)C[C@@H]2CC[C@@H]3CCCC[C@@H]3[C@@H]2C)CC1. The van der Waals surface area contributed by atoms with Gasteiger partial charge in [-0.1, -0.05) is 52.9 Å². The average Bonchev–Trinajstić information content (AvgIpc) is 2.51. The molecule has 0 aliphatic heterocycles. The minimum atomic E-state index is 0.991. The minimum absolute atomic E-state index is 0.991. The van der Waals surface area contributed by atoms with Gasteiger partial charge < -0.3 is 0 Å². The molecule has 0 N–H and O–H groups in total. The predicted octanol–water partition coefficient (Wildman–Crippen LogP) is 6.69. The van der Waals surface area contributed by atoms with Crippen LogP contribution < -0.4 is 0 Å². The molecule has 0 heteroatoms. The van der Waals surface area contributed by atoms with Crippen LogP contribution in [-0.2, 0) is 0 Å². The van der Waals surface area contributed by atoms with E-state index in [-0.39, 0.29) is 0 Å². The zero-order valence-corrected chi connectivity index (χ0v) is 14.8. The van der Waals surface area contributed by atoms with Crippen LogP contribution in [0.2, 0.25) is 0 Å². The fraction of sp³-hybridized carbons (Fsp3) is 1.00. The molecule has 3 fully saturated rings. The van der Waals surface area contributed by atoms with Gasteiger partial charge in [-0.05, 0) is 80.0 Å². The summed E-state index contributed by atoms with van der Waals surface area (Å²) in [5.74, 6) is 7.33. The van der Waals surface area contributed by atoms with Gasteiger partial charge in [0, 0.05) is 0 Å². The van der Waals surface area contributed by atoms with Crippen molar-refractivity contribution in [1.29, 1.82) is 0 Å². The Morgan fingerprint density at radius 1 is 0.810 bits per heavy atom. The highest BCUT2D eigenvalue weighted by Gasteiger charge is 2.38. The Hall–Kier alpha value is 0. The van der Waals surface area contributed by atoms with E-state index < -0.39 is 0 Å². The van der Waals surface area contributed by atoms with Gasteiger partial charge in [0.25, 0.3) is 0 Å². The van der Waals surface area contributed by atoms with E-state index in [0.717, 1.165) is 41.4 Å². The van der Waals surface area contributed by atoms with Gasteiger partial charge in [0.05, 0.1) is 0 Å². The van der Waals surface area contributed by atoms with Crippen LogP contribution in [0, 0.1) is 41.4 Å². The Kier molecular flexibility index (Phi) is 5.33. The van der Waals surface area contributed by atoms with Gasteiger partial charge in [0.2, 0.25) is 0 Å². The first kappa shape index (κ1) is 15.9. The Labute approximate surface area is 133 Å². The minimum Gasteiger partial charge on any atom is -0.0625 e. The molecule has 0 aromatic rings. The number of fused-ring (bicyclic) bond motifs is 1. The van der Waals surface area contributed by atoms with Gasteiger partial charge in [-0.15, -0.1) is 0 Å². The lowest BCUT2D eigenvalue weighted by molar-refractivity contribution is 0.0464. The first-order valence-corrected chi connectivity index (χ1v) is 10.1. The second-order valence-electron chi connectivity index (χ2n) is 9.14. The van der Waals surface area contributed by atoms with E-state index >= 15 is 0 Å². The van der Waals surface area contributed by atoms with Crippen molar-refractivity contribution in [3.05, 3.63) is 0 Å². The molecule has 0 radical (unpaired) electrons. The van der Waals surface area contributed by atoms with Crippen LogP contribution in [0.4, 0.5) is 0 Å². The summed E-state index contributed by atoms with van der Waals surface area (Å²) in [4.78, 5) is 0. The third-order valence-corrected chi connectivity index (χ3v) is 7.83. The summed E-state index contributed by atoms with van der Waals surface area (Å²) in [5.41, 5.74) is 0. The largest absolute Gasteiger partial charge is 0.0625 e. The molecular weight excluding hydrogens is 252 g/mol. The van der Waals surface area contributed by atoms with E-state index in [1.165, 1.54) is 38.5 Å². The first-order valence-electron chi connectivity index (χ1n) is 10.1. The third kappa shape index (κ3) is 3.67. The van der Waals surface area contributed by atoms with Crippen molar-refractivity contribution < 1.29 is 0 Å². The zero-order chi connectivity index (χ0) is 14.8. The molecule has 0 spiro atoms. The Morgan fingerprint density at radius 3 is 2.29 bits per heavy atom. The quantitative estimate of drug-likeness (QED) is 0.543. The van der Waals surface area contributed by atoms with E-state index in [9.17, 15) is 0 Å². The second-order valence-corrected chi connectivity index (χ2v) is 9.14. The normalized spacial score (nSPS) is 45.9. The van der Waals surface area contributed by atoms with Crippen molar-refractivity contribution in [2.45, 2.75) is 91.4 Å². The van der Waals surface area contributed by atoms with Gasteiger partial charge in [-0.2, -0.15) is 0 Å². The highest BCUT2D eigenvalue weighted by atomic mass is 14.4. The molecule has 0 unspecified atom stereocenters. The molecule has 5 atom stereocenters. The maximum Gasteiger partial charge on any atom is -0.0357 e. The van der Waals surface area contributed by atoms with Crippen LogP contribution in [0.15, 0.2) is 0 Å². The fourth-order valence-electron chi connectivity index (χ4n) is 6.18. The molecule has 0 aromatic heterocycles. The van der Waals surface area contributed by atoms with E-state index in [4.69, 9.17) is 0 Å². The average molecular weight is 291 g/mol. The van der Waals surface area contributed by atoms with Crippen molar-refractivity contribution in [1.82, 2.24) is 0 Å². The number of hydrogen-bond donors (Lipinski definition) is 0. The Bertz CT molecular complexity index is 312. The second kappa shape index (κ2) is 7.05. The summed E-state index contributed by atoms with van der Waals surface area (Å²) < 4.78 is 0.